The third-order valence-electron chi connectivity index (χ3n) is 5.12. The maximum Gasteiger partial charge on any atom is 0.251 e. The van der Waals surface area contributed by atoms with E-state index in [4.69, 9.17) is 4.74 Å². The standard InChI is InChI=1S/C20H22N2O4S/c1-13-11-15-12-14(7-8-18(15)22(13)27(2,24)25)20(23)21-17-9-10-26-19-6-4-3-5-16(17)19/h3-8,12-13,17H,9-11H2,1-2H3,(H,21,23). The normalized spacial score (nSPS) is 21.2. The molecule has 4 rings (SSSR count). The van der Waals surface area contributed by atoms with Crippen molar-refractivity contribution in [1.29, 1.82) is 0 Å². The fourth-order valence-electron chi connectivity index (χ4n) is 3.98. The molecule has 0 aliphatic carbocycles. The summed E-state index contributed by atoms with van der Waals surface area (Å²) >= 11 is 0. The molecule has 1 amide bonds. The lowest BCUT2D eigenvalue weighted by atomic mass is 9.99. The van der Waals surface area contributed by atoms with E-state index in [1.165, 1.54) is 10.6 Å². The highest BCUT2D eigenvalue weighted by Crippen LogP contribution is 2.35. The number of anilines is 1. The average Bonchev–Trinajstić information content (AvgIpc) is 2.97. The maximum absolute atomic E-state index is 12.8. The number of fused-ring (bicyclic) bond motifs is 2. The van der Waals surface area contributed by atoms with Crippen LogP contribution in [0, 0.1) is 0 Å². The quantitative estimate of drug-likeness (QED) is 0.880. The second kappa shape index (κ2) is 6.56. The van der Waals surface area contributed by atoms with Crippen molar-refractivity contribution in [1.82, 2.24) is 5.32 Å². The molecule has 2 aromatic rings. The third-order valence-corrected chi connectivity index (χ3v) is 6.39. The van der Waals surface area contributed by atoms with Crippen LogP contribution >= 0.6 is 0 Å². The monoisotopic (exact) mass is 386 g/mol. The van der Waals surface area contributed by atoms with Gasteiger partial charge in [-0.2, -0.15) is 0 Å². The highest BCUT2D eigenvalue weighted by molar-refractivity contribution is 7.92. The first-order valence-electron chi connectivity index (χ1n) is 8.99. The van der Waals surface area contributed by atoms with Crippen molar-refractivity contribution < 1.29 is 17.9 Å². The minimum atomic E-state index is -3.34. The SMILES string of the molecule is CC1Cc2cc(C(=O)NC3CCOc4ccccc43)ccc2N1S(C)(=O)=O. The summed E-state index contributed by atoms with van der Waals surface area (Å²) in [6, 6.07) is 12.7. The van der Waals surface area contributed by atoms with Crippen LogP contribution < -0.4 is 14.4 Å². The number of benzene rings is 2. The first-order valence-corrected chi connectivity index (χ1v) is 10.8. The number of para-hydroxylation sites is 1. The molecule has 0 saturated carbocycles. The van der Waals surface area contributed by atoms with Crippen molar-refractivity contribution in [2.24, 2.45) is 0 Å². The van der Waals surface area contributed by atoms with Gasteiger partial charge in [0.15, 0.2) is 0 Å². The van der Waals surface area contributed by atoms with E-state index in [9.17, 15) is 13.2 Å². The Labute approximate surface area is 159 Å². The molecule has 0 saturated heterocycles. The summed E-state index contributed by atoms with van der Waals surface area (Å²) in [4.78, 5) is 12.8. The highest BCUT2D eigenvalue weighted by Gasteiger charge is 2.33. The van der Waals surface area contributed by atoms with Crippen LogP contribution in [-0.2, 0) is 16.4 Å². The summed E-state index contributed by atoms with van der Waals surface area (Å²) < 4.78 is 31.2. The fraction of sp³-hybridized carbons (Fsp3) is 0.350. The molecule has 27 heavy (non-hydrogen) atoms. The van der Waals surface area contributed by atoms with Crippen molar-refractivity contribution in [3.63, 3.8) is 0 Å². The molecule has 7 heteroatoms. The van der Waals surface area contributed by atoms with E-state index in [2.05, 4.69) is 5.32 Å². The predicted octanol–water partition coefficient (Wildman–Crippen LogP) is 2.65. The molecule has 2 atom stereocenters. The van der Waals surface area contributed by atoms with Gasteiger partial charge >= 0.3 is 0 Å². The van der Waals surface area contributed by atoms with Crippen molar-refractivity contribution in [3.05, 3.63) is 59.2 Å². The number of amides is 1. The van der Waals surface area contributed by atoms with Crippen LogP contribution in [0.1, 0.15) is 40.9 Å². The molecule has 0 fully saturated rings. The van der Waals surface area contributed by atoms with Crippen LogP contribution in [0.2, 0.25) is 0 Å². The van der Waals surface area contributed by atoms with E-state index in [-0.39, 0.29) is 18.0 Å². The maximum atomic E-state index is 12.8. The molecule has 2 aromatic carbocycles. The molecule has 6 nitrogen and oxygen atoms in total. The second-order valence-electron chi connectivity index (χ2n) is 7.16. The largest absolute Gasteiger partial charge is 0.493 e. The molecule has 2 unspecified atom stereocenters. The van der Waals surface area contributed by atoms with Gasteiger partial charge in [0.05, 0.1) is 24.6 Å². The van der Waals surface area contributed by atoms with Crippen LogP contribution in [0.25, 0.3) is 0 Å². The van der Waals surface area contributed by atoms with Gasteiger partial charge in [0.25, 0.3) is 5.91 Å². The number of ether oxygens (including phenoxy) is 1. The van der Waals surface area contributed by atoms with E-state index in [0.29, 0.717) is 30.7 Å². The zero-order valence-corrected chi connectivity index (χ0v) is 16.1. The van der Waals surface area contributed by atoms with Crippen LogP contribution in [0.5, 0.6) is 5.75 Å². The average molecular weight is 386 g/mol. The summed E-state index contributed by atoms with van der Waals surface area (Å²) in [5.74, 6) is 0.644. The molecule has 0 radical (unpaired) electrons. The Morgan fingerprint density at radius 3 is 2.78 bits per heavy atom. The number of carbonyl (C=O) groups excluding carboxylic acids is 1. The Hall–Kier alpha value is -2.54. The smallest absolute Gasteiger partial charge is 0.251 e. The Balaban J connectivity index is 1.58. The lowest BCUT2D eigenvalue weighted by Crippen LogP contribution is -2.34. The summed E-state index contributed by atoms with van der Waals surface area (Å²) in [6.07, 6.45) is 2.53. The first-order chi connectivity index (χ1) is 12.8. The van der Waals surface area contributed by atoms with Gasteiger partial charge in [-0.15, -0.1) is 0 Å². The Kier molecular flexibility index (Phi) is 4.34. The van der Waals surface area contributed by atoms with Crippen LogP contribution in [0.3, 0.4) is 0 Å². The lowest BCUT2D eigenvalue weighted by molar-refractivity contribution is 0.0924. The van der Waals surface area contributed by atoms with Gasteiger partial charge < -0.3 is 10.1 Å². The number of nitrogens with zero attached hydrogens (tertiary/aromatic N) is 1. The van der Waals surface area contributed by atoms with Gasteiger partial charge in [0.1, 0.15) is 5.75 Å². The van der Waals surface area contributed by atoms with E-state index in [1.807, 2.05) is 31.2 Å². The van der Waals surface area contributed by atoms with Gasteiger partial charge in [-0.05, 0) is 43.2 Å². The van der Waals surface area contributed by atoms with Crippen molar-refractivity contribution in [2.45, 2.75) is 31.8 Å². The third kappa shape index (κ3) is 3.27. The zero-order chi connectivity index (χ0) is 19.2. The van der Waals surface area contributed by atoms with E-state index in [0.717, 1.165) is 16.9 Å². The molecule has 1 N–H and O–H groups in total. The minimum Gasteiger partial charge on any atom is -0.493 e. The molecule has 2 heterocycles. The van der Waals surface area contributed by atoms with Crippen LogP contribution in [0.15, 0.2) is 42.5 Å². The van der Waals surface area contributed by atoms with Gasteiger partial charge in [0, 0.05) is 23.6 Å². The number of carbonyl (C=O) groups is 1. The molecule has 142 valence electrons. The molecular formula is C20H22N2O4S. The number of rotatable bonds is 3. The highest BCUT2D eigenvalue weighted by atomic mass is 32.2. The van der Waals surface area contributed by atoms with Crippen LogP contribution in [0.4, 0.5) is 5.69 Å². The molecule has 0 bridgehead atoms. The topological polar surface area (TPSA) is 75.7 Å². The number of hydrogen-bond acceptors (Lipinski definition) is 4. The van der Waals surface area contributed by atoms with E-state index in [1.54, 1.807) is 18.2 Å². The molecule has 2 aliphatic heterocycles. The molecule has 0 aromatic heterocycles. The number of nitrogens with one attached hydrogen (secondary N) is 1. The fourth-order valence-corrected chi connectivity index (χ4v) is 5.25. The molecular weight excluding hydrogens is 364 g/mol. The van der Waals surface area contributed by atoms with Crippen molar-refractivity contribution in [3.8, 4) is 5.75 Å². The lowest BCUT2D eigenvalue weighted by Gasteiger charge is -2.26. The van der Waals surface area contributed by atoms with E-state index < -0.39 is 10.0 Å². The number of sulfonamides is 1. The van der Waals surface area contributed by atoms with Crippen molar-refractivity contribution >= 4 is 21.6 Å². The predicted molar refractivity (Wildman–Crippen MR) is 104 cm³/mol. The Morgan fingerprint density at radius 2 is 2.00 bits per heavy atom. The summed E-state index contributed by atoms with van der Waals surface area (Å²) in [6.45, 7) is 2.44. The molecule has 0 spiro atoms. The van der Waals surface area contributed by atoms with Crippen molar-refractivity contribution in [2.75, 3.05) is 17.2 Å². The summed E-state index contributed by atoms with van der Waals surface area (Å²) in [7, 11) is -3.34. The Morgan fingerprint density at radius 1 is 1.22 bits per heavy atom. The first kappa shape index (κ1) is 17.9. The van der Waals surface area contributed by atoms with Crippen LogP contribution in [-0.4, -0.2) is 33.2 Å². The minimum absolute atomic E-state index is 0.0952. The zero-order valence-electron chi connectivity index (χ0n) is 15.3. The van der Waals surface area contributed by atoms with Gasteiger partial charge in [-0.1, -0.05) is 18.2 Å². The van der Waals surface area contributed by atoms with E-state index >= 15 is 0 Å². The second-order valence-corrected chi connectivity index (χ2v) is 9.02. The van der Waals surface area contributed by atoms with Gasteiger partial charge in [-0.3, -0.25) is 9.10 Å². The Bertz CT molecular complexity index is 1000. The summed E-state index contributed by atoms with van der Waals surface area (Å²) in [5.41, 5.74) is 3.07. The van der Waals surface area contributed by atoms with Gasteiger partial charge in [0.2, 0.25) is 10.0 Å². The number of hydrogen-bond donors (Lipinski definition) is 1. The van der Waals surface area contributed by atoms with Gasteiger partial charge in [-0.25, -0.2) is 8.42 Å². The molecule has 2 aliphatic rings. The summed E-state index contributed by atoms with van der Waals surface area (Å²) in [5, 5.41) is 3.08.